The molecule has 4 rings (SSSR count). The summed E-state index contributed by atoms with van der Waals surface area (Å²) in [4.78, 5) is 32.4. The van der Waals surface area contributed by atoms with Gasteiger partial charge in [-0.1, -0.05) is 13.0 Å². The molecule has 0 saturated carbocycles. The van der Waals surface area contributed by atoms with E-state index in [0.29, 0.717) is 36.4 Å². The zero-order chi connectivity index (χ0) is 25.5. The first-order valence-electron chi connectivity index (χ1n) is 13.1. The van der Waals surface area contributed by atoms with E-state index in [9.17, 15) is 9.59 Å². The van der Waals surface area contributed by atoms with Crippen molar-refractivity contribution in [1.29, 1.82) is 0 Å². The van der Waals surface area contributed by atoms with E-state index in [2.05, 4.69) is 27.4 Å². The van der Waals surface area contributed by atoms with E-state index < -0.39 is 0 Å². The molecule has 2 aliphatic rings. The van der Waals surface area contributed by atoms with Crippen LogP contribution in [-0.2, 0) is 4.74 Å². The van der Waals surface area contributed by atoms with Crippen LogP contribution in [-0.4, -0.2) is 61.8 Å². The Morgan fingerprint density at radius 1 is 1.08 bits per heavy atom. The molecule has 1 aromatic carbocycles. The van der Waals surface area contributed by atoms with Gasteiger partial charge in [-0.2, -0.15) is 0 Å². The van der Waals surface area contributed by atoms with E-state index in [1.807, 2.05) is 37.3 Å². The van der Waals surface area contributed by atoms with Gasteiger partial charge in [0.25, 0.3) is 11.8 Å². The van der Waals surface area contributed by atoms with Crippen LogP contribution in [0.25, 0.3) is 0 Å². The molecule has 0 radical (unpaired) electrons. The number of fused-ring (bicyclic) bond motifs is 2. The van der Waals surface area contributed by atoms with Gasteiger partial charge < -0.3 is 25.0 Å². The number of pyridine rings is 1. The average molecular weight is 495 g/mol. The molecule has 2 saturated heterocycles. The number of aromatic nitrogens is 1. The third-order valence-corrected chi connectivity index (χ3v) is 7.19. The van der Waals surface area contributed by atoms with Crippen molar-refractivity contribution in [3.63, 3.8) is 0 Å². The normalized spacial score (nSPS) is 20.8. The van der Waals surface area contributed by atoms with Crippen molar-refractivity contribution in [2.24, 2.45) is 0 Å². The van der Waals surface area contributed by atoms with E-state index in [1.165, 1.54) is 0 Å². The highest BCUT2D eigenvalue weighted by molar-refractivity contribution is 5.96. The number of piperidine rings is 1. The van der Waals surface area contributed by atoms with Gasteiger partial charge in [0.05, 0.1) is 12.7 Å². The van der Waals surface area contributed by atoms with Crippen LogP contribution >= 0.6 is 0 Å². The van der Waals surface area contributed by atoms with Crippen LogP contribution in [0.4, 0.5) is 5.82 Å². The fourth-order valence-corrected chi connectivity index (χ4v) is 5.41. The van der Waals surface area contributed by atoms with Crippen LogP contribution < -0.4 is 20.3 Å². The lowest BCUT2D eigenvalue weighted by atomic mass is 9.96. The summed E-state index contributed by atoms with van der Waals surface area (Å²) in [5.74, 6) is 1.47. The molecular weight excluding hydrogens is 456 g/mol. The van der Waals surface area contributed by atoms with Crippen molar-refractivity contribution >= 4 is 17.6 Å². The van der Waals surface area contributed by atoms with Crippen molar-refractivity contribution in [1.82, 2.24) is 15.6 Å². The molecule has 194 valence electrons. The Hall–Kier alpha value is -3.13. The predicted octanol–water partition coefficient (Wildman–Crippen LogP) is 3.87. The zero-order valence-corrected chi connectivity index (χ0v) is 21.6. The Morgan fingerprint density at radius 2 is 1.86 bits per heavy atom. The van der Waals surface area contributed by atoms with Gasteiger partial charge in [-0.3, -0.25) is 9.59 Å². The van der Waals surface area contributed by atoms with Crippen molar-refractivity contribution in [2.45, 2.75) is 70.5 Å². The zero-order valence-electron chi connectivity index (χ0n) is 21.6. The number of hydrogen-bond donors (Lipinski definition) is 2. The molecule has 2 amide bonds. The first-order valence-corrected chi connectivity index (χ1v) is 13.1. The highest BCUT2D eigenvalue weighted by atomic mass is 16.5. The number of anilines is 1. The second-order valence-electron chi connectivity index (χ2n) is 9.69. The van der Waals surface area contributed by atoms with Crippen LogP contribution in [0, 0.1) is 6.92 Å². The van der Waals surface area contributed by atoms with Gasteiger partial charge in [-0.05, 0) is 69.7 Å². The molecule has 2 fully saturated rings. The van der Waals surface area contributed by atoms with E-state index >= 15 is 0 Å². The lowest BCUT2D eigenvalue weighted by Crippen LogP contribution is -2.50. The number of ether oxygens (including phenoxy) is 2. The first-order chi connectivity index (χ1) is 17.5. The van der Waals surface area contributed by atoms with E-state index in [4.69, 9.17) is 9.47 Å². The van der Waals surface area contributed by atoms with Crippen molar-refractivity contribution in [2.75, 3.05) is 31.8 Å². The molecule has 2 N–H and O–H groups in total. The first kappa shape index (κ1) is 25.9. The Kier molecular flexibility index (Phi) is 8.80. The predicted molar refractivity (Wildman–Crippen MR) is 140 cm³/mol. The van der Waals surface area contributed by atoms with E-state index in [-0.39, 0.29) is 17.9 Å². The summed E-state index contributed by atoms with van der Waals surface area (Å²) >= 11 is 0. The number of hydrogen-bond acceptors (Lipinski definition) is 6. The van der Waals surface area contributed by atoms with Gasteiger partial charge in [0.15, 0.2) is 0 Å². The van der Waals surface area contributed by atoms with Crippen LogP contribution in [0.1, 0.15) is 71.7 Å². The molecule has 0 aliphatic carbocycles. The Morgan fingerprint density at radius 3 is 2.53 bits per heavy atom. The number of nitrogens with one attached hydrogen (secondary N) is 2. The Bertz CT molecular complexity index is 1030. The van der Waals surface area contributed by atoms with Gasteiger partial charge in [0.2, 0.25) is 0 Å². The molecular formula is C28H38N4O4. The number of amides is 2. The third kappa shape index (κ3) is 5.98. The van der Waals surface area contributed by atoms with Crippen molar-refractivity contribution in [3.05, 3.63) is 53.2 Å². The summed E-state index contributed by atoms with van der Waals surface area (Å²) in [5.41, 5.74) is 2.08. The summed E-state index contributed by atoms with van der Waals surface area (Å²) in [6, 6.07) is 10.2. The molecule has 1 aromatic heterocycles. The average Bonchev–Trinajstić information content (AvgIpc) is 3.16. The topological polar surface area (TPSA) is 92.8 Å². The lowest BCUT2D eigenvalue weighted by molar-refractivity contribution is 0.0922. The molecule has 8 heteroatoms. The minimum atomic E-state index is -0.109. The molecule has 2 aliphatic heterocycles. The molecule has 2 bridgehead atoms. The molecule has 3 atom stereocenters. The number of carbonyl (C=O) groups is 2. The van der Waals surface area contributed by atoms with Crippen molar-refractivity contribution < 1.29 is 19.1 Å². The fourth-order valence-electron chi connectivity index (χ4n) is 5.41. The summed E-state index contributed by atoms with van der Waals surface area (Å²) in [6.07, 6.45) is 7.39. The number of nitrogens with zero attached hydrogens (tertiary/aromatic N) is 2. The molecule has 0 spiro atoms. The fraction of sp³-hybridized carbons (Fsp3) is 0.536. The summed E-state index contributed by atoms with van der Waals surface area (Å²) in [6.45, 7) is 5.99. The standard InChI is InChI=1S/C28H38N4O4/c1-4-14-36-15-6-13-29-27(33)20-9-12-26(30-18-20)32-22-10-11-23(32)17-21(16-22)31-28(34)24-7-5-8-25(35-3)19(24)2/h5,7-9,12,18,21-23H,4,6,10-11,13-17H2,1-3H3,(H,29,33)(H,31,34)/t21-,22+,23-. The lowest BCUT2D eigenvalue weighted by Gasteiger charge is -2.40. The maximum Gasteiger partial charge on any atom is 0.252 e. The van der Waals surface area contributed by atoms with E-state index in [1.54, 1.807) is 13.3 Å². The van der Waals surface area contributed by atoms with Gasteiger partial charge in [-0.15, -0.1) is 0 Å². The van der Waals surface area contributed by atoms with Gasteiger partial charge in [0, 0.05) is 55.2 Å². The SMILES string of the molecule is CCCOCCCNC(=O)c1ccc(N2[C@@H]3CC[C@H]2C[C@@H](NC(=O)c2cccc(OC)c2C)C3)nc1. The second-order valence-corrected chi connectivity index (χ2v) is 9.69. The van der Waals surface area contributed by atoms with Crippen LogP contribution in [0.5, 0.6) is 5.75 Å². The highest BCUT2D eigenvalue weighted by Crippen LogP contribution is 2.38. The van der Waals surface area contributed by atoms with Crippen LogP contribution in [0.3, 0.4) is 0 Å². The maximum absolute atomic E-state index is 13.0. The second kappa shape index (κ2) is 12.2. The summed E-state index contributed by atoms with van der Waals surface area (Å²) < 4.78 is 10.8. The molecule has 36 heavy (non-hydrogen) atoms. The number of rotatable bonds is 11. The molecule has 8 nitrogen and oxygen atoms in total. The van der Waals surface area contributed by atoms with Gasteiger partial charge in [-0.25, -0.2) is 4.98 Å². The Balaban J connectivity index is 1.31. The van der Waals surface area contributed by atoms with Gasteiger partial charge in [0.1, 0.15) is 11.6 Å². The largest absolute Gasteiger partial charge is 0.496 e. The number of benzene rings is 1. The number of carbonyl (C=O) groups excluding carboxylic acids is 2. The maximum atomic E-state index is 13.0. The number of methoxy groups -OCH3 is 1. The monoisotopic (exact) mass is 494 g/mol. The minimum absolute atomic E-state index is 0.0466. The highest BCUT2D eigenvalue weighted by Gasteiger charge is 2.41. The van der Waals surface area contributed by atoms with Crippen LogP contribution in [0.15, 0.2) is 36.5 Å². The van der Waals surface area contributed by atoms with E-state index in [0.717, 1.165) is 62.3 Å². The minimum Gasteiger partial charge on any atom is -0.496 e. The quantitative estimate of drug-likeness (QED) is 0.461. The molecule has 0 unspecified atom stereocenters. The Labute approximate surface area is 213 Å². The van der Waals surface area contributed by atoms with Crippen molar-refractivity contribution in [3.8, 4) is 5.75 Å². The molecule has 2 aromatic rings. The smallest absolute Gasteiger partial charge is 0.252 e. The summed E-state index contributed by atoms with van der Waals surface area (Å²) in [7, 11) is 1.62. The van der Waals surface area contributed by atoms with Gasteiger partial charge >= 0.3 is 0 Å². The third-order valence-electron chi connectivity index (χ3n) is 7.19. The molecule has 3 heterocycles. The van der Waals surface area contributed by atoms with Crippen LogP contribution in [0.2, 0.25) is 0 Å². The summed E-state index contributed by atoms with van der Waals surface area (Å²) in [5, 5.41) is 6.19.